The maximum absolute atomic E-state index is 6.22. The molecular weight excluding hydrogens is 326 g/mol. The van der Waals surface area contributed by atoms with Crippen molar-refractivity contribution in [3.8, 4) is 5.75 Å². The van der Waals surface area contributed by atoms with Crippen molar-refractivity contribution in [1.29, 1.82) is 0 Å². The number of aryl methyl sites for hydroxylation is 2. The highest BCUT2D eigenvalue weighted by Gasteiger charge is 2.20. The molecule has 0 saturated carbocycles. The number of para-hydroxylation sites is 2. The lowest BCUT2D eigenvalue weighted by atomic mass is 9.94. The minimum atomic E-state index is 0.530. The first-order chi connectivity index (χ1) is 12.1. The summed E-state index contributed by atoms with van der Waals surface area (Å²) >= 11 is 5.76. The van der Waals surface area contributed by atoms with Crippen LogP contribution in [0.2, 0.25) is 0 Å². The van der Waals surface area contributed by atoms with E-state index in [1.807, 2.05) is 50.2 Å². The van der Waals surface area contributed by atoms with Crippen LogP contribution in [0.15, 0.2) is 48.5 Å². The Hall–Kier alpha value is -2.52. The maximum atomic E-state index is 6.22. The van der Waals surface area contributed by atoms with E-state index in [1.165, 1.54) is 5.56 Å². The third-order valence-corrected chi connectivity index (χ3v) is 4.96. The molecule has 0 spiro atoms. The van der Waals surface area contributed by atoms with Gasteiger partial charge in [0.2, 0.25) is 0 Å². The summed E-state index contributed by atoms with van der Waals surface area (Å²) in [5.74, 6) is 0.855. The number of pyridine rings is 1. The Bertz CT molecular complexity index is 1000. The molecule has 4 rings (SSSR count). The van der Waals surface area contributed by atoms with E-state index in [0.29, 0.717) is 5.05 Å². The number of rotatable bonds is 2. The van der Waals surface area contributed by atoms with E-state index in [4.69, 9.17) is 21.9 Å². The fourth-order valence-electron chi connectivity index (χ4n) is 3.42. The van der Waals surface area contributed by atoms with Crippen LogP contribution in [0.1, 0.15) is 34.4 Å². The average Bonchev–Trinajstić information content (AvgIpc) is 2.62. The summed E-state index contributed by atoms with van der Waals surface area (Å²) < 4.78 is 6.22. The van der Waals surface area contributed by atoms with Crippen LogP contribution in [0.3, 0.4) is 0 Å². The van der Waals surface area contributed by atoms with E-state index in [-0.39, 0.29) is 0 Å². The molecule has 1 aromatic heterocycles. The van der Waals surface area contributed by atoms with Gasteiger partial charge in [0.05, 0.1) is 11.2 Å². The zero-order valence-electron chi connectivity index (χ0n) is 14.4. The van der Waals surface area contributed by atoms with Crippen LogP contribution in [0.4, 0.5) is 0 Å². The van der Waals surface area contributed by atoms with Crippen LogP contribution < -0.4 is 4.74 Å². The van der Waals surface area contributed by atoms with Gasteiger partial charge in [0.15, 0.2) is 5.05 Å². The molecule has 0 amide bonds. The fraction of sp³-hybridized carbons (Fsp3) is 0.182. The number of nitrogens with zero attached hydrogens (tertiary/aromatic N) is 1. The van der Waals surface area contributed by atoms with Crippen molar-refractivity contribution in [3.63, 3.8) is 0 Å². The largest absolute Gasteiger partial charge is 0.445 e. The van der Waals surface area contributed by atoms with Gasteiger partial charge in [-0.25, -0.2) is 4.98 Å². The van der Waals surface area contributed by atoms with Gasteiger partial charge in [-0.3, -0.25) is 0 Å². The Balaban J connectivity index is 1.88. The molecule has 2 aromatic carbocycles. The molecule has 25 heavy (non-hydrogen) atoms. The summed E-state index contributed by atoms with van der Waals surface area (Å²) in [7, 11) is 0. The minimum absolute atomic E-state index is 0.530. The number of hydrogen-bond donors (Lipinski definition) is 0. The second-order valence-corrected chi connectivity index (χ2v) is 6.79. The van der Waals surface area contributed by atoms with Gasteiger partial charge in [0.1, 0.15) is 5.75 Å². The lowest BCUT2D eigenvalue weighted by Gasteiger charge is -2.19. The van der Waals surface area contributed by atoms with Gasteiger partial charge >= 0.3 is 0 Å². The number of benzene rings is 2. The van der Waals surface area contributed by atoms with E-state index >= 15 is 0 Å². The van der Waals surface area contributed by atoms with E-state index in [1.54, 1.807) is 0 Å². The number of ether oxygens (including phenoxy) is 1. The molecular formula is C22H19NOS. The average molecular weight is 345 g/mol. The Morgan fingerprint density at radius 2 is 1.80 bits per heavy atom. The van der Waals surface area contributed by atoms with Crippen LogP contribution in [-0.2, 0) is 6.42 Å². The summed E-state index contributed by atoms with van der Waals surface area (Å²) in [5.41, 5.74) is 6.35. The first-order valence-corrected chi connectivity index (χ1v) is 8.92. The van der Waals surface area contributed by atoms with Crippen LogP contribution in [0, 0.1) is 13.8 Å². The third kappa shape index (κ3) is 2.85. The van der Waals surface area contributed by atoms with Crippen molar-refractivity contribution in [2.24, 2.45) is 0 Å². The summed E-state index contributed by atoms with van der Waals surface area (Å²) in [6, 6.07) is 14.3. The first-order valence-electron chi connectivity index (χ1n) is 8.51. The molecule has 124 valence electrons. The zero-order valence-corrected chi connectivity index (χ0v) is 15.2. The van der Waals surface area contributed by atoms with E-state index in [2.05, 4.69) is 18.2 Å². The molecule has 1 heterocycles. The van der Waals surface area contributed by atoms with E-state index < -0.39 is 0 Å². The molecule has 0 unspecified atom stereocenters. The summed E-state index contributed by atoms with van der Waals surface area (Å²) in [6.45, 7) is 4.10. The lowest BCUT2D eigenvalue weighted by molar-refractivity contribution is 0.556. The Morgan fingerprint density at radius 3 is 2.60 bits per heavy atom. The van der Waals surface area contributed by atoms with Gasteiger partial charge in [-0.15, -0.1) is 0 Å². The first kappa shape index (κ1) is 16.0. The zero-order chi connectivity index (χ0) is 17.4. The highest BCUT2D eigenvalue weighted by molar-refractivity contribution is 7.80. The van der Waals surface area contributed by atoms with Gasteiger partial charge in [0.25, 0.3) is 0 Å². The number of allylic oxidation sites excluding steroid dienone is 1. The van der Waals surface area contributed by atoms with Crippen molar-refractivity contribution in [3.05, 3.63) is 76.5 Å². The topological polar surface area (TPSA) is 22.1 Å². The third-order valence-electron chi connectivity index (χ3n) is 4.67. The van der Waals surface area contributed by atoms with Crippen LogP contribution in [-0.4, -0.2) is 10.0 Å². The van der Waals surface area contributed by atoms with Gasteiger partial charge in [-0.2, -0.15) is 0 Å². The number of thiocarbonyl (C=S) groups is 1. The molecule has 0 aliphatic heterocycles. The highest BCUT2D eigenvalue weighted by atomic mass is 32.1. The summed E-state index contributed by atoms with van der Waals surface area (Å²) in [5, 5.41) is 1.59. The molecule has 0 atom stereocenters. The lowest BCUT2D eigenvalue weighted by Crippen LogP contribution is -2.15. The second-order valence-electron chi connectivity index (χ2n) is 6.42. The number of hydrogen-bond acceptors (Lipinski definition) is 3. The Kier molecular flexibility index (Phi) is 4.10. The fourth-order valence-corrected chi connectivity index (χ4v) is 3.74. The molecule has 0 saturated heterocycles. The van der Waals surface area contributed by atoms with Gasteiger partial charge in [-0.05, 0) is 67.7 Å². The monoisotopic (exact) mass is 345 g/mol. The maximum Gasteiger partial charge on any atom is 0.199 e. The molecule has 0 N–H and O–H groups in total. The van der Waals surface area contributed by atoms with Gasteiger partial charge in [0, 0.05) is 10.9 Å². The van der Waals surface area contributed by atoms with E-state index in [0.717, 1.165) is 51.9 Å². The molecule has 0 bridgehead atoms. The molecule has 2 nitrogen and oxygen atoms in total. The van der Waals surface area contributed by atoms with Crippen molar-refractivity contribution < 1.29 is 4.74 Å². The van der Waals surface area contributed by atoms with Crippen molar-refractivity contribution in [2.75, 3.05) is 0 Å². The van der Waals surface area contributed by atoms with Crippen LogP contribution in [0.5, 0.6) is 5.75 Å². The molecule has 0 fully saturated rings. The SMILES string of the molecule is Cc1cccc(C)c1OC(=S)c1c2c(nc3ccccc13)C=CCC2. The molecule has 1 aliphatic carbocycles. The van der Waals surface area contributed by atoms with E-state index in [9.17, 15) is 0 Å². The molecule has 0 radical (unpaired) electrons. The highest BCUT2D eigenvalue weighted by Crippen LogP contribution is 2.31. The number of fused-ring (bicyclic) bond motifs is 2. The van der Waals surface area contributed by atoms with Crippen molar-refractivity contribution in [2.45, 2.75) is 26.7 Å². The Labute approximate surface area is 153 Å². The normalized spacial score (nSPS) is 12.9. The minimum Gasteiger partial charge on any atom is -0.445 e. The van der Waals surface area contributed by atoms with Crippen LogP contribution in [0.25, 0.3) is 17.0 Å². The predicted molar refractivity (Wildman–Crippen MR) is 107 cm³/mol. The smallest absolute Gasteiger partial charge is 0.199 e. The Morgan fingerprint density at radius 1 is 1.04 bits per heavy atom. The summed E-state index contributed by atoms with van der Waals surface area (Å²) in [6.07, 6.45) is 6.21. The molecule has 3 aromatic rings. The van der Waals surface area contributed by atoms with Gasteiger partial charge < -0.3 is 4.74 Å². The van der Waals surface area contributed by atoms with Crippen molar-refractivity contribution >= 4 is 34.2 Å². The second kappa shape index (κ2) is 6.41. The predicted octanol–water partition coefficient (Wildman–Crippen LogP) is 5.57. The summed E-state index contributed by atoms with van der Waals surface area (Å²) in [4.78, 5) is 4.80. The number of aromatic nitrogens is 1. The molecule has 1 aliphatic rings. The van der Waals surface area contributed by atoms with Crippen molar-refractivity contribution in [1.82, 2.24) is 4.98 Å². The molecule has 3 heteroatoms. The standard InChI is InChI=1S/C22H19NOS/c1-14-8-7-9-15(2)21(14)24-22(25)20-16-10-3-5-12-18(16)23-19-13-6-4-11-17(19)20/h3,5-10,12-13H,4,11H2,1-2H3. The quantitative estimate of drug-likeness (QED) is 0.567. The van der Waals surface area contributed by atoms with Crippen LogP contribution >= 0.6 is 12.2 Å². The van der Waals surface area contributed by atoms with Gasteiger partial charge in [-0.1, -0.05) is 42.5 Å².